The summed E-state index contributed by atoms with van der Waals surface area (Å²) >= 11 is 0. The molecule has 3 heteroatoms. The lowest BCUT2D eigenvalue weighted by Gasteiger charge is -2.30. The van der Waals surface area contributed by atoms with E-state index in [0.717, 1.165) is 11.3 Å². The smallest absolute Gasteiger partial charge is 0.145 e. The number of fused-ring (bicyclic) bond motifs is 4. The van der Waals surface area contributed by atoms with Gasteiger partial charge in [0.2, 0.25) is 0 Å². The van der Waals surface area contributed by atoms with E-state index < -0.39 is 0 Å². The molecular formula is C38H39N3. The van der Waals surface area contributed by atoms with Gasteiger partial charge in [-0.25, -0.2) is 4.98 Å². The Morgan fingerprint density at radius 1 is 0.634 bits per heavy atom. The summed E-state index contributed by atoms with van der Waals surface area (Å²) in [7, 11) is 2.30. The number of benzene rings is 4. The molecule has 6 aromatic rings. The van der Waals surface area contributed by atoms with Crippen molar-refractivity contribution in [3.05, 3.63) is 96.1 Å². The molecule has 0 spiro atoms. The fourth-order valence-corrected chi connectivity index (χ4v) is 8.14. The second kappa shape index (κ2) is 10.2. The molecule has 2 aliphatic rings. The molecule has 0 unspecified atom stereocenters. The molecule has 3 nitrogen and oxygen atoms in total. The largest absolute Gasteiger partial charge is 0.343 e. The van der Waals surface area contributed by atoms with Gasteiger partial charge in [-0.05, 0) is 66.8 Å². The summed E-state index contributed by atoms with van der Waals surface area (Å²) in [5.41, 5.74) is 10.7. The Balaban J connectivity index is 1.56. The quantitative estimate of drug-likeness (QED) is 0.219. The van der Waals surface area contributed by atoms with Crippen molar-refractivity contribution in [2.75, 3.05) is 0 Å². The van der Waals surface area contributed by atoms with Gasteiger partial charge in [-0.1, -0.05) is 105 Å². The van der Waals surface area contributed by atoms with Crippen molar-refractivity contribution in [2.45, 2.75) is 76.0 Å². The highest BCUT2D eigenvalue weighted by Crippen LogP contribution is 2.48. The summed E-state index contributed by atoms with van der Waals surface area (Å²) in [5.74, 6) is 2.26. The fraction of sp³-hybridized carbons (Fsp3) is 0.342. The third-order valence-corrected chi connectivity index (χ3v) is 10.1. The van der Waals surface area contributed by atoms with Crippen LogP contribution in [0.4, 0.5) is 0 Å². The van der Waals surface area contributed by atoms with E-state index in [4.69, 9.17) is 4.98 Å². The van der Waals surface area contributed by atoms with E-state index in [-0.39, 0.29) is 0 Å². The molecule has 0 N–H and O–H groups in total. The molecule has 206 valence electrons. The van der Waals surface area contributed by atoms with E-state index in [0.29, 0.717) is 11.8 Å². The van der Waals surface area contributed by atoms with Crippen LogP contribution in [0.5, 0.6) is 0 Å². The Labute approximate surface area is 242 Å². The maximum atomic E-state index is 5.31. The van der Waals surface area contributed by atoms with Crippen molar-refractivity contribution in [3.63, 3.8) is 0 Å². The molecule has 0 atom stereocenters. The Bertz CT molecular complexity index is 1860. The first-order chi connectivity index (χ1) is 20.3. The molecule has 0 amide bonds. The molecule has 2 saturated carbocycles. The monoisotopic (exact) mass is 537 g/mol. The van der Waals surface area contributed by atoms with Gasteiger partial charge in [0, 0.05) is 28.9 Å². The van der Waals surface area contributed by atoms with Gasteiger partial charge in [0.25, 0.3) is 0 Å². The third-order valence-electron chi connectivity index (χ3n) is 10.1. The summed E-state index contributed by atoms with van der Waals surface area (Å²) in [6, 6.07) is 31.3. The van der Waals surface area contributed by atoms with Crippen molar-refractivity contribution < 1.29 is 0 Å². The first-order valence-electron chi connectivity index (χ1n) is 15.9. The molecule has 4 aromatic carbocycles. The SMILES string of the molecule is Cn1c2ccccc2c2c(-n3c(-c4ccccc4)nc4ccccc43)c(C3CCCCC3)cc(C3CCCCC3)c21. The number of nitrogens with zero attached hydrogens (tertiary/aromatic N) is 3. The van der Waals surface area contributed by atoms with E-state index in [1.165, 1.54) is 103 Å². The molecule has 8 rings (SSSR count). The Morgan fingerprint density at radius 3 is 1.98 bits per heavy atom. The maximum Gasteiger partial charge on any atom is 0.145 e. The Hall–Kier alpha value is -3.85. The second-order valence-electron chi connectivity index (χ2n) is 12.5. The van der Waals surface area contributed by atoms with Crippen LogP contribution in [-0.2, 0) is 7.05 Å². The van der Waals surface area contributed by atoms with E-state index >= 15 is 0 Å². The first-order valence-corrected chi connectivity index (χ1v) is 15.9. The van der Waals surface area contributed by atoms with E-state index in [1.807, 2.05) is 0 Å². The van der Waals surface area contributed by atoms with Gasteiger partial charge >= 0.3 is 0 Å². The highest BCUT2D eigenvalue weighted by Gasteiger charge is 2.30. The van der Waals surface area contributed by atoms with Crippen LogP contribution in [0.2, 0.25) is 0 Å². The van der Waals surface area contributed by atoms with Crippen LogP contribution in [0.25, 0.3) is 49.9 Å². The van der Waals surface area contributed by atoms with Gasteiger partial charge < -0.3 is 4.57 Å². The molecule has 0 bridgehead atoms. The van der Waals surface area contributed by atoms with Gasteiger partial charge in [0.15, 0.2) is 0 Å². The minimum absolute atomic E-state index is 0.578. The lowest BCUT2D eigenvalue weighted by Crippen LogP contribution is -2.14. The van der Waals surface area contributed by atoms with E-state index in [2.05, 4.69) is 101 Å². The number of para-hydroxylation sites is 3. The first kappa shape index (κ1) is 24.9. The number of hydrogen-bond donors (Lipinski definition) is 0. The van der Waals surface area contributed by atoms with Crippen molar-refractivity contribution >= 4 is 32.8 Å². The van der Waals surface area contributed by atoms with Gasteiger partial charge in [-0.2, -0.15) is 0 Å². The highest BCUT2D eigenvalue weighted by molar-refractivity contribution is 6.14. The van der Waals surface area contributed by atoms with Crippen LogP contribution in [0.15, 0.2) is 84.9 Å². The molecule has 2 fully saturated rings. The van der Waals surface area contributed by atoms with Gasteiger partial charge in [0.1, 0.15) is 5.82 Å². The Morgan fingerprint density at radius 2 is 1.24 bits per heavy atom. The molecule has 0 radical (unpaired) electrons. The number of hydrogen-bond acceptors (Lipinski definition) is 1. The predicted octanol–water partition coefficient (Wildman–Crippen LogP) is 10.4. The van der Waals surface area contributed by atoms with E-state index in [1.54, 1.807) is 11.1 Å². The summed E-state index contributed by atoms with van der Waals surface area (Å²) in [6.45, 7) is 0. The zero-order chi connectivity index (χ0) is 27.3. The number of aryl methyl sites for hydroxylation is 1. The van der Waals surface area contributed by atoms with Gasteiger partial charge in [-0.15, -0.1) is 0 Å². The summed E-state index contributed by atoms with van der Waals surface area (Å²) in [5, 5.41) is 2.79. The van der Waals surface area contributed by atoms with Crippen molar-refractivity contribution in [1.29, 1.82) is 0 Å². The van der Waals surface area contributed by atoms with Crippen molar-refractivity contribution in [2.24, 2.45) is 7.05 Å². The lowest BCUT2D eigenvalue weighted by atomic mass is 9.78. The summed E-state index contributed by atoms with van der Waals surface area (Å²) in [6.07, 6.45) is 13.3. The van der Waals surface area contributed by atoms with Crippen molar-refractivity contribution in [1.82, 2.24) is 14.1 Å². The predicted molar refractivity (Wildman–Crippen MR) is 172 cm³/mol. The average Bonchev–Trinajstić information content (AvgIpc) is 3.58. The molecule has 2 aromatic heterocycles. The number of imidazole rings is 1. The standard InChI is InChI=1S/C38H39N3/c1-40-33-23-13-11-21-29(33)35-36(40)30(26-15-5-2-6-16-26)25-31(27-17-7-3-8-18-27)37(35)41-34-24-14-12-22-32(34)39-38(41)28-19-9-4-10-20-28/h4,9-14,19-27H,2-3,5-8,15-18H2,1H3. The van der Waals surface area contributed by atoms with Crippen LogP contribution < -0.4 is 0 Å². The summed E-state index contributed by atoms with van der Waals surface area (Å²) in [4.78, 5) is 5.31. The van der Waals surface area contributed by atoms with Crippen LogP contribution in [-0.4, -0.2) is 14.1 Å². The highest BCUT2D eigenvalue weighted by atomic mass is 15.1. The zero-order valence-electron chi connectivity index (χ0n) is 24.2. The lowest BCUT2D eigenvalue weighted by molar-refractivity contribution is 0.436. The molecule has 2 heterocycles. The molecular weight excluding hydrogens is 498 g/mol. The Kier molecular flexibility index (Phi) is 6.20. The van der Waals surface area contributed by atoms with Crippen LogP contribution in [0.1, 0.15) is 87.2 Å². The van der Waals surface area contributed by atoms with Crippen LogP contribution >= 0.6 is 0 Å². The molecule has 2 aliphatic carbocycles. The second-order valence-corrected chi connectivity index (χ2v) is 12.5. The van der Waals surface area contributed by atoms with E-state index in [9.17, 15) is 0 Å². The third kappa shape index (κ3) is 4.04. The van der Waals surface area contributed by atoms with Crippen LogP contribution in [0.3, 0.4) is 0 Å². The van der Waals surface area contributed by atoms with Gasteiger partial charge in [0.05, 0.1) is 22.2 Å². The molecule has 0 saturated heterocycles. The topological polar surface area (TPSA) is 22.8 Å². The molecule has 0 aliphatic heterocycles. The van der Waals surface area contributed by atoms with Gasteiger partial charge in [-0.3, -0.25) is 4.57 Å². The molecule has 41 heavy (non-hydrogen) atoms. The summed E-state index contributed by atoms with van der Waals surface area (Å²) < 4.78 is 5.04. The van der Waals surface area contributed by atoms with Crippen LogP contribution in [0, 0.1) is 0 Å². The maximum absolute atomic E-state index is 5.31. The minimum Gasteiger partial charge on any atom is -0.343 e. The minimum atomic E-state index is 0.578. The zero-order valence-corrected chi connectivity index (χ0v) is 24.2. The van der Waals surface area contributed by atoms with Crippen molar-refractivity contribution in [3.8, 4) is 17.1 Å². The number of aromatic nitrogens is 3. The normalized spacial score (nSPS) is 17.2. The fourth-order valence-electron chi connectivity index (χ4n) is 8.14. The average molecular weight is 538 g/mol. The number of rotatable bonds is 4.